The van der Waals surface area contributed by atoms with Crippen LogP contribution in [0.4, 0.5) is 0 Å². The van der Waals surface area contributed by atoms with E-state index in [2.05, 4.69) is 32.8 Å². The molecule has 2 heterocycles. The molecule has 0 fully saturated rings. The van der Waals surface area contributed by atoms with Gasteiger partial charge in [-0.15, -0.1) is 11.3 Å². The van der Waals surface area contributed by atoms with Gasteiger partial charge in [0.05, 0.1) is 27.4 Å². The van der Waals surface area contributed by atoms with Crippen LogP contribution in [0, 0.1) is 11.8 Å². The lowest BCUT2D eigenvalue weighted by molar-refractivity contribution is 0.0983. The highest BCUT2D eigenvalue weighted by Crippen LogP contribution is 2.36. The zero-order valence-electron chi connectivity index (χ0n) is 13.9. The minimum absolute atomic E-state index is 0.206. The first-order chi connectivity index (χ1) is 12.8. The van der Waals surface area contributed by atoms with Crippen molar-refractivity contribution in [3.8, 4) is 23.0 Å². The van der Waals surface area contributed by atoms with Gasteiger partial charge in [0.2, 0.25) is 10.0 Å². The van der Waals surface area contributed by atoms with Crippen molar-refractivity contribution in [3.05, 3.63) is 52.0 Å². The number of benzene rings is 1. The van der Waals surface area contributed by atoms with E-state index in [0.717, 1.165) is 27.6 Å². The Labute approximate surface area is 173 Å². The number of pyridine rings is 1. The van der Waals surface area contributed by atoms with Crippen LogP contribution in [-0.4, -0.2) is 30.9 Å². The quantitative estimate of drug-likeness (QED) is 0.450. The Morgan fingerprint density at radius 3 is 2.81 bits per heavy atom. The molecule has 1 aromatic carbocycles. The number of hydrogen-bond donors (Lipinski definition) is 1. The highest BCUT2D eigenvalue weighted by Gasteiger charge is 2.19. The number of hydrogen-bond acceptors (Lipinski definition) is 5. The molecule has 0 unspecified atom stereocenters. The van der Waals surface area contributed by atoms with E-state index in [-0.39, 0.29) is 5.56 Å². The van der Waals surface area contributed by atoms with Crippen LogP contribution in [0.25, 0.3) is 21.3 Å². The highest BCUT2D eigenvalue weighted by atomic mass is 79.9. The Balaban J connectivity index is 2.19. The molecule has 0 atom stereocenters. The summed E-state index contributed by atoms with van der Waals surface area (Å²) >= 11 is 10.8. The smallest absolute Gasteiger partial charge is 0.267 e. The molecule has 0 radical (unpaired) electrons. The van der Waals surface area contributed by atoms with Gasteiger partial charge in [0.1, 0.15) is 0 Å². The van der Waals surface area contributed by atoms with Gasteiger partial charge in [-0.05, 0) is 24.3 Å². The van der Waals surface area contributed by atoms with Crippen molar-refractivity contribution >= 4 is 65.0 Å². The maximum atomic E-state index is 12.3. The summed E-state index contributed by atoms with van der Waals surface area (Å²) in [5, 5.41) is 2.69. The monoisotopic (exact) mass is 482 g/mol. The number of fused-ring (bicyclic) bond motifs is 1. The standard InChI is InChI=1S/C18H12BrClN2O3S2/c1-27(24,25)22-18(23)15-10-26-17-13(6-8-21-16(15)17)14-9-12(20)5-4-11(14)3-2-7-19/h4-6,8-10H,7H2,1H3,(H,22,23). The van der Waals surface area contributed by atoms with Crippen LogP contribution in [0.5, 0.6) is 0 Å². The van der Waals surface area contributed by atoms with Crippen LogP contribution in [0.1, 0.15) is 15.9 Å². The van der Waals surface area contributed by atoms with E-state index < -0.39 is 15.9 Å². The first kappa shape index (κ1) is 19.8. The number of alkyl halides is 1. The lowest BCUT2D eigenvalue weighted by Gasteiger charge is -2.08. The van der Waals surface area contributed by atoms with Crippen molar-refractivity contribution in [2.45, 2.75) is 0 Å². The first-order valence-electron chi connectivity index (χ1n) is 7.53. The predicted octanol–water partition coefficient (Wildman–Crippen LogP) is 4.05. The average Bonchev–Trinajstić information content (AvgIpc) is 3.03. The topological polar surface area (TPSA) is 76.1 Å². The lowest BCUT2D eigenvalue weighted by Crippen LogP contribution is -2.29. The Hall–Kier alpha value is -1.92. The minimum atomic E-state index is -3.67. The van der Waals surface area contributed by atoms with E-state index >= 15 is 0 Å². The molecule has 27 heavy (non-hydrogen) atoms. The third kappa shape index (κ3) is 4.50. The lowest BCUT2D eigenvalue weighted by atomic mass is 10.00. The first-order valence-corrected chi connectivity index (χ1v) is 11.8. The maximum absolute atomic E-state index is 12.3. The van der Waals surface area contributed by atoms with Crippen LogP contribution in [0.15, 0.2) is 35.8 Å². The molecule has 0 saturated carbocycles. The van der Waals surface area contributed by atoms with Gasteiger partial charge in [-0.3, -0.25) is 9.78 Å². The molecular formula is C18H12BrClN2O3S2. The molecule has 138 valence electrons. The van der Waals surface area contributed by atoms with E-state index in [0.29, 0.717) is 15.9 Å². The summed E-state index contributed by atoms with van der Waals surface area (Å²) in [4.78, 5) is 16.5. The summed E-state index contributed by atoms with van der Waals surface area (Å²) in [7, 11) is -3.67. The van der Waals surface area contributed by atoms with Gasteiger partial charge in [0.15, 0.2) is 0 Å². The molecule has 0 saturated heterocycles. The SMILES string of the molecule is CS(=O)(=O)NC(=O)c1csc2c(-c3cc(Cl)ccc3C#CCBr)ccnc12. The summed E-state index contributed by atoms with van der Waals surface area (Å²) in [6.07, 6.45) is 2.50. The van der Waals surface area contributed by atoms with E-state index in [1.165, 1.54) is 11.3 Å². The largest absolute Gasteiger partial charge is 0.268 e. The number of halogens is 2. The second-order valence-electron chi connectivity index (χ2n) is 5.51. The fourth-order valence-electron chi connectivity index (χ4n) is 2.51. The van der Waals surface area contributed by atoms with E-state index in [1.54, 1.807) is 17.6 Å². The van der Waals surface area contributed by atoms with Crippen molar-refractivity contribution in [1.82, 2.24) is 9.71 Å². The zero-order valence-corrected chi connectivity index (χ0v) is 17.9. The summed E-state index contributed by atoms with van der Waals surface area (Å²) in [6.45, 7) is 0. The van der Waals surface area contributed by atoms with Gasteiger partial charge >= 0.3 is 0 Å². The summed E-state index contributed by atoms with van der Waals surface area (Å²) < 4.78 is 25.4. The summed E-state index contributed by atoms with van der Waals surface area (Å²) in [6, 6.07) is 7.23. The van der Waals surface area contributed by atoms with Crippen LogP contribution in [0.3, 0.4) is 0 Å². The molecule has 3 rings (SSSR count). The van der Waals surface area contributed by atoms with Crippen LogP contribution >= 0.6 is 38.9 Å². The Bertz CT molecular complexity index is 1210. The third-order valence-electron chi connectivity index (χ3n) is 3.54. The van der Waals surface area contributed by atoms with E-state index in [1.807, 2.05) is 22.9 Å². The number of carbonyl (C=O) groups excluding carboxylic acids is 1. The molecule has 1 amide bonds. The molecule has 0 aliphatic carbocycles. The van der Waals surface area contributed by atoms with Gasteiger partial charge in [0.25, 0.3) is 5.91 Å². The summed E-state index contributed by atoms with van der Waals surface area (Å²) in [5.41, 5.74) is 3.07. The molecule has 1 N–H and O–H groups in total. The molecular weight excluding hydrogens is 472 g/mol. The fourth-order valence-corrected chi connectivity index (χ4v) is 4.30. The second kappa shape index (κ2) is 7.98. The third-order valence-corrected chi connectivity index (χ3v) is 5.61. The number of amides is 1. The van der Waals surface area contributed by atoms with Gasteiger partial charge < -0.3 is 0 Å². The highest BCUT2D eigenvalue weighted by molar-refractivity contribution is 9.09. The number of aromatic nitrogens is 1. The Morgan fingerprint density at radius 2 is 2.11 bits per heavy atom. The van der Waals surface area contributed by atoms with Crippen molar-refractivity contribution in [2.75, 3.05) is 11.6 Å². The fraction of sp³-hybridized carbons (Fsp3) is 0.111. The number of nitrogens with one attached hydrogen (secondary N) is 1. The van der Waals surface area contributed by atoms with Crippen molar-refractivity contribution in [2.24, 2.45) is 0 Å². The van der Waals surface area contributed by atoms with Gasteiger partial charge in [-0.25, -0.2) is 13.1 Å². The normalized spacial score (nSPS) is 11.1. The average molecular weight is 484 g/mol. The van der Waals surface area contributed by atoms with E-state index in [4.69, 9.17) is 11.6 Å². The maximum Gasteiger partial charge on any atom is 0.267 e. The molecule has 2 aromatic heterocycles. The molecule has 0 aliphatic rings. The Morgan fingerprint density at radius 1 is 1.33 bits per heavy atom. The molecule has 0 spiro atoms. The molecule has 3 aromatic rings. The van der Waals surface area contributed by atoms with Gasteiger partial charge in [-0.2, -0.15) is 0 Å². The zero-order chi connectivity index (χ0) is 19.6. The number of carbonyl (C=O) groups is 1. The molecule has 5 nitrogen and oxygen atoms in total. The predicted molar refractivity (Wildman–Crippen MR) is 113 cm³/mol. The number of rotatable bonds is 3. The number of thiophene rings is 1. The summed E-state index contributed by atoms with van der Waals surface area (Å²) in [5.74, 6) is 5.35. The molecule has 0 aliphatic heterocycles. The van der Waals surface area contributed by atoms with Crippen molar-refractivity contribution in [1.29, 1.82) is 0 Å². The van der Waals surface area contributed by atoms with Crippen LogP contribution in [-0.2, 0) is 10.0 Å². The number of nitrogens with zero attached hydrogens (tertiary/aromatic N) is 1. The molecule has 0 bridgehead atoms. The van der Waals surface area contributed by atoms with Crippen LogP contribution < -0.4 is 4.72 Å². The second-order valence-corrected chi connectivity index (χ2v) is 9.14. The van der Waals surface area contributed by atoms with Gasteiger partial charge in [-0.1, -0.05) is 39.4 Å². The minimum Gasteiger partial charge on any atom is -0.268 e. The van der Waals surface area contributed by atoms with Gasteiger partial charge in [0, 0.05) is 33.3 Å². The van der Waals surface area contributed by atoms with Crippen LogP contribution in [0.2, 0.25) is 5.02 Å². The number of sulfonamides is 1. The van der Waals surface area contributed by atoms with Crippen molar-refractivity contribution < 1.29 is 13.2 Å². The van der Waals surface area contributed by atoms with E-state index in [9.17, 15) is 13.2 Å². The van der Waals surface area contributed by atoms with Crippen molar-refractivity contribution in [3.63, 3.8) is 0 Å². The molecule has 9 heteroatoms. The Kier molecular flexibility index (Phi) is 5.86.